The number of para-hydroxylation sites is 1. The fourth-order valence-corrected chi connectivity index (χ4v) is 6.35. The molecule has 2 atom stereocenters. The van der Waals surface area contributed by atoms with E-state index in [0.717, 1.165) is 53.6 Å². The summed E-state index contributed by atoms with van der Waals surface area (Å²) < 4.78 is 5.93. The molecule has 7 nitrogen and oxygen atoms in total. The smallest absolute Gasteiger partial charge is 0.227 e. The Morgan fingerprint density at radius 3 is 2.82 bits per heavy atom. The van der Waals surface area contributed by atoms with Crippen LogP contribution in [0.3, 0.4) is 0 Å². The number of aromatic nitrogens is 1. The molecule has 2 aromatic rings. The zero-order valence-corrected chi connectivity index (χ0v) is 19.3. The van der Waals surface area contributed by atoms with Crippen LogP contribution in [-0.4, -0.2) is 34.8 Å². The Morgan fingerprint density at radius 2 is 2.12 bits per heavy atom. The molecule has 2 amide bonds. The molecule has 174 valence electrons. The van der Waals surface area contributed by atoms with Crippen LogP contribution in [0.1, 0.15) is 63.1 Å². The molecule has 5 rings (SSSR count). The van der Waals surface area contributed by atoms with Crippen LogP contribution in [0.15, 0.2) is 18.2 Å². The second kappa shape index (κ2) is 8.09. The minimum atomic E-state index is -1.04. The van der Waals surface area contributed by atoms with Crippen LogP contribution in [-0.2, 0) is 22.6 Å². The quantitative estimate of drug-likeness (QED) is 0.700. The summed E-state index contributed by atoms with van der Waals surface area (Å²) in [7, 11) is 0. The van der Waals surface area contributed by atoms with Gasteiger partial charge in [-0.05, 0) is 38.2 Å². The van der Waals surface area contributed by atoms with Crippen LogP contribution >= 0.6 is 0 Å². The maximum absolute atomic E-state index is 13.9. The number of nitriles is 1. The van der Waals surface area contributed by atoms with E-state index in [1.165, 1.54) is 0 Å². The van der Waals surface area contributed by atoms with Gasteiger partial charge in [-0.1, -0.05) is 31.9 Å². The molecule has 1 aromatic carbocycles. The average Bonchev–Trinajstić information content (AvgIpc) is 3.56. The molecule has 2 aliphatic carbocycles. The van der Waals surface area contributed by atoms with E-state index in [9.17, 15) is 14.9 Å². The first-order valence-corrected chi connectivity index (χ1v) is 12.2. The number of aromatic amines is 1. The Labute approximate surface area is 194 Å². The molecule has 2 fully saturated rings. The van der Waals surface area contributed by atoms with Crippen molar-refractivity contribution in [3.05, 3.63) is 29.5 Å². The van der Waals surface area contributed by atoms with Crippen molar-refractivity contribution in [2.75, 3.05) is 13.2 Å². The first kappa shape index (κ1) is 21.8. The van der Waals surface area contributed by atoms with Gasteiger partial charge in [-0.15, -0.1) is 0 Å². The standard InChI is InChI=1S/C26H32N4O3/c1-2-14-33-21-8-5-6-17-18-15-30(13-9-20(18)29-22(17)21)23(31)19-7-3-4-10-26(19,24(28)32)25(16-27)11-12-25/h5-6,8,19,29H,2-4,7,9-15H2,1H3,(H2,28,32). The first-order chi connectivity index (χ1) is 16.0. The predicted octanol–water partition coefficient (Wildman–Crippen LogP) is 3.81. The summed E-state index contributed by atoms with van der Waals surface area (Å²) in [6, 6.07) is 8.44. The molecule has 1 aliphatic heterocycles. The number of nitrogens with zero attached hydrogens (tertiary/aromatic N) is 2. The molecule has 3 N–H and O–H groups in total. The van der Waals surface area contributed by atoms with Gasteiger partial charge in [0, 0.05) is 36.2 Å². The van der Waals surface area contributed by atoms with Gasteiger partial charge in [0.25, 0.3) is 0 Å². The lowest BCUT2D eigenvalue weighted by atomic mass is 9.57. The SMILES string of the molecule is CCCOc1cccc2c3c([nH]c12)CCN(C(=O)C1CCCCC1(C(N)=O)C1(C#N)CC1)C3. The molecule has 0 radical (unpaired) electrons. The van der Waals surface area contributed by atoms with E-state index >= 15 is 0 Å². The molecule has 33 heavy (non-hydrogen) atoms. The molecule has 0 spiro atoms. The van der Waals surface area contributed by atoms with E-state index in [1.54, 1.807) is 0 Å². The number of primary amides is 1. The highest BCUT2D eigenvalue weighted by Gasteiger charge is 2.68. The maximum atomic E-state index is 13.9. The number of nitrogens with one attached hydrogen (secondary N) is 1. The summed E-state index contributed by atoms with van der Waals surface area (Å²) in [5.41, 5.74) is 7.40. The van der Waals surface area contributed by atoms with Crippen molar-refractivity contribution in [2.24, 2.45) is 22.5 Å². The van der Waals surface area contributed by atoms with E-state index in [0.29, 0.717) is 45.4 Å². The van der Waals surface area contributed by atoms with Gasteiger partial charge in [-0.3, -0.25) is 9.59 Å². The van der Waals surface area contributed by atoms with Crippen molar-refractivity contribution in [2.45, 2.75) is 64.8 Å². The summed E-state index contributed by atoms with van der Waals surface area (Å²) in [5.74, 6) is -0.164. The fraction of sp³-hybridized carbons (Fsp3) is 0.577. The normalized spacial score (nSPS) is 25.8. The van der Waals surface area contributed by atoms with Gasteiger partial charge in [-0.2, -0.15) is 5.26 Å². The Balaban J connectivity index is 1.46. The highest BCUT2D eigenvalue weighted by Crippen LogP contribution is 2.65. The number of H-pyrrole nitrogens is 1. The van der Waals surface area contributed by atoms with E-state index in [1.807, 2.05) is 17.0 Å². The van der Waals surface area contributed by atoms with Crippen molar-refractivity contribution < 1.29 is 14.3 Å². The Morgan fingerprint density at radius 1 is 1.30 bits per heavy atom. The third-order valence-corrected chi connectivity index (χ3v) is 8.21. The second-order valence-electron chi connectivity index (χ2n) is 9.95. The summed E-state index contributed by atoms with van der Waals surface area (Å²) in [6.07, 6.45) is 5.86. The molecule has 7 heteroatoms. The van der Waals surface area contributed by atoms with Gasteiger partial charge in [0.2, 0.25) is 11.8 Å². The highest BCUT2D eigenvalue weighted by molar-refractivity contribution is 5.93. The molecule has 0 bridgehead atoms. The van der Waals surface area contributed by atoms with Crippen LogP contribution in [0.25, 0.3) is 10.9 Å². The van der Waals surface area contributed by atoms with E-state index < -0.39 is 22.7 Å². The maximum Gasteiger partial charge on any atom is 0.227 e. The Kier molecular flexibility index (Phi) is 5.35. The summed E-state index contributed by atoms with van der Waals surface area (Å²) in [5, 5.41) is 11.0. The van der Waals surface area contributed by atoms with Crippen LogP contribution in [0.5, 0.6) is 5.75 Å². The molecule has 2 saturated carbocycles. The van der Waals surface area contributed by atoms with Crippen LogP contribution < -0.4 is 10.5 Å². The van der Waals surface area contributed by atoms with Crippen LogP contribution in [0, 0.1) is 28.1 Å². The van der Waals surface area contributed by atoms with Crippen LogP contribution in [0.2, 0.25) is 0 Å². The molecular weight excluding hydrogens is 416 g/mol. The minimum absolute atomic E-state index is 0.0200. The van der Waals surface area contributed by atoms with Gasteiger partial charge >= 0.3 is 0 Å². The number of amides is 2. The van der Waals surface area contributed by atoms with Crippen molar-refractivity contribution in [3.63, 3.8) is 0 Å². The number of hydrogen-bond acceptors (Lipinski definition) is 4. The van der Waals surface area contributed by atoms with Crippen LogP contribution in [0.4, 0.5) is 0 Å². The van der Waals surface area contributed by atoms with Gasteiger partial charge < -0.3 is 20.4 Å². The summed E-state index contributed by atoms with van der Waals surface area (Å²) >= 11 is 0. The number of rotatable bonds is 6. The number of fused-ring (bicyclic) bond motifs is 3. The lowest BCUT2D eigenvalue weighted by Gasteiger charge is -2.46. The highest BCUT2D eigenvalue weighted by atomic mass is 16.5. The molecule has 1 aromatic heterocycles. The molecule has 2 unspecified atom stereocenters. The third-order valence-electron chi connectivity index (χ3n) is 8.21. The number of benzene rings is 1. The number of ether oxygens (including phenoxy) is 1. The van der Waals surface area contributed by atoms with Crippen molar-refractivity contribution in [1.82, 2.24) is 9.88 Å². The predicted molar refractivity (Wildman–Crippen MR) is 124 cm³/mol. The summed E-state index contributed by atoms with van der Waals surface area (Å²) in [6.45, 7) is 3.83. The van der Waals surface area contributed by atoms with Crippen molar-refractivity contribution >= 4 is 22.7 Å². The number of hydrogen-bond donors (Lipinski definition) is 2. The van der Waals surface area contributed by atoms with E-state index in [-0.39, 0.29) is 5.91 Å². The van der Waals surface area contributed by atoms with Crippen molar-refractivity contribution in [1.29, 1.82) is 5.26 Å². The monoisotopic (exact) mass is 448 g/mol. The topological polar surface area (TPSA) is 112 Å². The zero-order chi connectivity index (χ0) is 23.2. The van der Waals surface area contributed by atoms with Gasteiger partial charge in [0.05, 0.1) is 34.9 Å². The number of carbonyl (C=O) groups excluding carboxylic acids is 2. The molecule has 3 aliphatic rings. The lowest BCUT2D eigenvalue weighted by molar-refractivity contribution is -0.154. The molecular formula is C26H32N4O3. The van der Waals surface area contributed by atoms with E-state index in [4.69, 9.17) is 10.5 Å². The largest absolute Gasteiger partial charge is 0.491 e. The second-order valence-corrected chi connectivity index (χ2v) is 9.95. The first-order valence-electron chi connectivity index (χ1n) is 12.2. The summed E-state index contributed by atoms with van der Waals surface area (Å²) in [4.78, 5) is 32.2. The van der Waals surface area contributed by atoms with E-state index in [2.05, 4.69) is 24.0 Å². The molecule has 0 saturated heterocycles. The van der Waals surface area contributed by atoms with Gasteiger partial charge in [0.1, 0.15) is 5.75 Å². The van der Waals surface area contributed by atoms with Gasteiger partial charge in [-0.25, -0.2) is 0 Å². The average molecular weight is 449 g/mol. The number of nitrogens with two attached hydrogens (primary N) is 1. The van der Waals surface area contributed by atoms with Crippen molar-refractivity contribution in [3.8, 4) is 11.8 Å². The fourth-order valence-electron chi connectivity index (χ4n) is 6.35. The minimum Gasteiger partial charge on any atom is -0.491 e. The van der Waals surface area contributed by atoms with Gasteiger partial charge in [0.15, 0.2) is 0 Å². The number of carbonyl (C=O) groups is 2. The Bertz CT molecular complexity index is 1140. The Hall–Kier alpha value is -3.01. The lowest BCUT2D eigenvalue weighted by Crippen LogP contribution is -2.56. The zero-order valence-electron chi connectivity index (χ0n) is 19.3. The molecule has 2 heterocycles. The third kappa shape index (κ3) is 3.22.